The van der Waals surface area contributed by atoms with Crippen LogP contribution in [-0.4, -0.2) is 0 Å². The summed E-state index contributed by atoms with van der Waals surface area (Å²) in [7, 11) is 0. The molecule has 0 radical (unpaired) electrons. The summed E-state index contributed by atoms with van der Waals surface area (Å²) >= 11 is 5.39. The highest BCUT2D eigenvalue weighted by atomic mass is 79.9. The van der Waals surface area contributed by atoms with Crippen LogP contribution in [0, 0.1) is 6.92 Å². The molecule has 0 saturated heterocycles. The van der Waals surface area contributed by atoms with Gasteiger partial charge < -0.3 is 0 Å². The van der Waals surface area contributed by atoms with Crippen LogP contribution in [0.2, 0.25) is 0 Å². The number of benzene rings is 1. The number of rotatable bonds is 0. The van der Waals surface area contributed by atoms with Gasteiger partial charge in [-0.3, -0.25) is 0 Å². The number of halogens is 1. The van der Waals surface area contributed by atoms with E-state index < -0.39 is 0 Å². The molecule has 2 heteroatoms. The van der Waals surface area contributed by atoms with Crippen LogP contribution in [0.3, 0.4) is 0 Å². The highest BCUT2D eigenvalue weighted by Gasteiger charge is 2.03. The van der Waals surface area contributed by atoms with Crippen molar-refractivity contribution in [2.75, 3.05) is 0 Å². The zero-order chi connectivity index (χ0) is 9.84. The van der Waals surface area contributed by atoms with Crippen molar-refractivity contribution < 1.29 is 0 Å². The first-order valence-electron chi connectivity index (χ1n) is 4.42. The molecule has 1 heterocycles. The molecule has 0 unspecified atom stereocenters. The Hall–Kier alpha value is -0.340. The lowest BCUT2D eigenvalue weighted by Gasteiger charge is -1.86. The van der Waals surface area contributed by atoms with Crippen molar-refractivity contribution >= 4 is 37.4 Å². The summed E-state index contributed by atoms with van der Waals surface area (Å²) in [4.78, 5) is 1.35. The predicted octanol–water partition coefficient (Wildman–Crippen LogP) is 5.00. The highest BCUT2D eigenvalue weighted by molar-refractivity contribution is 9.10. The van der Waals surface area contributed by atoms with Crippen LogP contribution >= 0.6 is 27.3 Å². The molecule has 0 fully saturated rings. The fourth-order valence-corrected chi connectivity index (χ4v) is 2.81. The molecule has 1 aromatic heterocycles. The average Bonchev–Trinajstić information content (AvgIpc) is 2.47. The topological polar surface area (TPSA) is 0 Å². The predicted molar refractivity (Wildman–Crippen MR) is 65.6 cm³/mol. The first-order valence-corrected chi connectivity index (χ1v) is 6.03. The summed E-state index contributed by atoms with van der Waals surface area (Å²) in [6, 6.07) is 8.44. The average molecular weight is 257 g/mol. The van der Waals surface area contributed by atoms with E-state index in [0.717, 1.165) is 0 Å². The zero-order valence-corrected chi connectivity index (χ0v) is 10.5. The van der Waals surface area contributed by atoms with E-state index in [4.69, 9.17) is 0 Å². The van der Waals surface area contributed by atoms with Crippen molar-refractivity contribution in [2.45, 2.75) is 20.8 Å². The third kappa shape index (κ3) is 2.12. The van der Waals surface area contributed by atoms with Gasteiger partial charge in [0.25, 0.3) is 0 Å². The van der Waals surface area contributed by atoms with Crippen molar-refractivity contribution in [2.24, 2.45) is 0 Å². The maximum atomic E-state index is 3.56. The molecule has 0 bridgehead atoms. The summed E-state index contributed by atoms with van der Waals surface area (Å²) in [6.45, 7) is 6.13. The lowest BCUT2D eigenvalue weighted by Crippen LogP contribution is -1.62. The quantitative estimate of drug-likeness (QED) is 0.623. The van der Waals surface area contributed by atoms with E-state index in [1.807, 2.05) is 25.2 Å². The van der Waals surface area contributed by atoms with E-state index in [1.165, 1.54) is 19.4 Å². The van der Waals surface area contributed by atoms with Crippen LogP contribution in [0.5, 0.6) is 0 Å². The molecule has 0 N–H and O–H groups in total. The molecule has 0 aliphatic carbocycles. The van der Waals surface area contributed by atoms with Gasteiger partial charge in [-0.15, -0.1) is 11.3 Å². The van der Waals surface area contributed by atoms with Crippen LogP contribution in [0.4, 0.5) is 0 Å². The van der Waals surface area contributed by atoms with Crippen molar-refractivity contribution in [1.29, 1.82) is 0 Å². The van der Waals surface area contributed by atoms with Crippen molar-refractivity contribution in [1.82, 2.24) is 0 Å². The molecule has 0 aliphatic heterocycles. The largest absolute Gasteiger partial charge is 0.139 e. The molecule has 0 saturated carbocycles. The van der Waals surface area contributed by atoms with Crippen LogP contribution in [0.25, 0.3) is 10.1 Å². The van der Waals surface area contributed by atoms with Crippen LogP contribution < -0.4 is 0 Å². The summed E-state index contributed by atoms with van der Waals surface area (Å²) < 4.78 is 2.61. The molecule has 0 atom stereocenters. The maximum absolute atomic E-state index is 3.56. The van der Waals surface area contributed by atoms with Gasteiger partial charge in [0.05, 0.1) is 0 Å². The second-order valence-corrected chi connectivity index (χ2v) is 4.52. The summed E-state index contributed by atoms with van der Waals surface area (Å²) in [5.41, 5.74) is 0. The van der Waals surface area contributed by atoms with Gasteiger partial charge in [-0.05, 0) is 28.9 Å². The number of hydrogen-bond acceptors (Lipinski definition) is 1. The molecule has 0 nitrogen and oxygen atoms in total. The Bertz CT molecular complexity index is 390. The normalized spacial score (nSPS) is 9.54. The number of aryl methyl sites for hydroxylation is 1. The Morgan fingerprint density at radius 1 is 1.15 bits per heavy atom. The van der Waals surface area contributed by atoms with E-state index in [2.05, 4.69) is 47.1 Å². The molecule has 0 aliphatic rings. The van der Waals surface area contributed by atoms with Gasteiger partial charge in [0.15, 0.2) is 0 Å². The molecule has 13 heavy (non-hydrogen) atoms. The van der Waals surface area contributed by atoms with Gasteiger partial charge in [0.2, 0.25) is 0 Å². The van der Waals surface area contributed by atoms with E-state index in [0.29, 0.717) is 0 Å². The molecule has 1 aromatic carbocycles. The third-order valence-corrected chi connectivity index (χ3v) is 4.07. The molecular formula is C11H13BrS. The van der Waals surface area contributed by atoms with Gasteiger partial charge >= 0.3 is 0 Å². The Morgan fingerprint density at radius 2 is 1.77 bits per heavy atom. The van der Waals surface area contributed by atoms with Crippen LogP contribution in [-0.2, 0) is 0 Å². The van der Waals surface area contributed by atoms with E-state index >= 15 is 0 Å². The van der Waals surface area contributed by atoms with Crippen molar-refractivity contribution in [3.05, 3.63) is 33.6 Å². The standard InChI is InChI=1S/C9H7BrS.C2H6/c1-6-9(10)7-4-2-3-5-8(7)11-6;1-2/h2-5H,1H3;1-2H3. The Morgan fingerprint density at radius 3 is 2.38 bits per heavy atom. The van der Waals surface area contributed by atoms with Crippen LogP contribution in [0.1, 0.15) is 18.7 Å². The third-order valence-electron chi connectivity index (χ3n) is 1.70. The Balaban J connectivity index is 0.000000396. The van der Waals surface area contributed by atoms with Gasteiger partial charge in [0, 0.05) is 19.4 Å². The summed E-state index contributed by atoms with van der Waals surface area (Å²) in [5, 5.41) is 1.33. The van der Waals surface area contributed by atoms with Crippen molar-refractivity contribution in [3.63, 3.8) is 0 Å². The molecule has 70 valence electrons. The lowest BCUT2D eigenvalue weighted by atomic mass is 10.2. The second-order valence-electron chi connectivity index (χ2n) is 2.47. The molecule has 0 spiro atoms. The lowest BCUT2D eigenvalue weighted by molar-refractivity contribution is 1.50. The first kappa shape index (κ1) is 10.7. The van der Waals surface area contributed by atoms with Gasteiger partial charge in [-0.2, -0.15) is 0 Å². The Kier molecular flexibility index (Phi) is 3.94. The second kappa shape index (κ2) is 4.77. The minimum absolute atomic E-state index is 1.25. The maximum Gasteiger partial charge on any atom is 0.0390 e. The molecular weight excluding hydrogens is 244 g/mol. The fraction of sp³-hybridized carbons (Fsp3) is 0.273. The van der Waals surface area contributed by atoms with Gasteiger partial charge in [-0.25, -0.2) is 0 Å². The molecule has 0 amide bonds. The minimum Gasteiger partial charge on any atom is -0.139 e. The SMILES string of the molecule is CC.Cc1sc2ccccc2c1Br. The van der Waals surface area contributed by atoms with Gasteiger partial charge in [0.1, 0.15) is 0 Å². The van der Waals surface area contributed by atoms with Gasteiger partial charge in [-0.1, -0.05) is 32.0 Å². The monoisotopic (exact) mass is 256 g/mol. The highest BCUT2D eigenvalue weighted by Crippen LogP contribution is 2.34. The summed E-state index contributed by atoms with van der Waals surface area (Å²) in [5.74, 6) is 0. The smallest absolute Gasteiger partial charge is 0.0390 e. The van der Waals surface area contributed by atoms with E-state index in [9.17, 15) is 0 Å². The number of hydrogen-bond donors (Lipinski definition) is 0. The number of thiophene rings is 1. The van der Waals surface area contributed by atoms with E-state index in [-0.39, 0.29) is 0 Å². The van der Waals surface area contributed by atoms with Crippen molar-refractivity contribution in [3.8, 4) is 0 Å². The van der Waals surface area contributed by atoms with E-state index in [1.54, 1.807) is 0 Å². The molecule has 2 aromatic rings. The van der Waals surface area contributed by atoms with Crippen LogP contribution in [0.15, 0.2) is 28.7 Å². The minimum atomic E-state index is 1.25. The number of fused-ring (bicyclic) bond motifs is 1. The first-order chi connectivity index (χ1) is 6.29. The summed E-state index contributed by atoms with van der Waals surface area (Å²) in [6.07, 6.45) is 0. The Labute approximate surface area is 91.7 Å². The zero-order valence-electron chi connectivity index (χ0n) is 8.10. The molecule has 2 rings (SSSR count). The fourth-order valence-electron chi connectivity index (χ4n) is 1.14.